The third-order valence-electron chi connectivity index (χ3n) is 1.27. The summed E-state index contributed by atoms with van der Waals surface area (Å²) < 4.78 is 4.83. The number of aliphatic hydroxyl groups excluding tert-OH is 1. The Balaban J connectivity index is 2.42. The summed E-state index contributed by atoms with van der Waals surface area (Å²) in [4.78, 5) is 0. The molecule has 0 saturated carbocycles. The summed E-state index contributed by atoms with van der Waals surface area (Å²) in [6, 6.07) is 1.88. The Morgan fingerprint density at radius 2 is 2.50 bits per heavy atom. The van der Waals surface area contributed by atoms with Crippen LogP contribution in [0.25, 0.3) is 0 Å². The van der Waals surface area contributed by atoms with Gasteiger partial charge in [0.2, 0.25) is 0 Å². The molecule has 0 bridgehead atoms. The smallest absolute Gasteiger partial charge is 0.133 e. The molecule has 1 N–H and O–H groups in total. The van der Waals surface area contributed by atoms with Crippen LogP contribution in [0.2, 0.25) is 0 Å². The maximum absolute atomic E-state index is 8.48. The van der Waals surface area contributed by atoms with Crippen LogP contribution in [0.1, 0.15) is 17.9 Å². The topological polar surface area (TPSA) is 46.3 Å². The number of hydrogen-bond donors (Lipinski definition) is 1. The van der Waals surface area contributed by atoms with Crippen LogP contribution in [-0.4, -0.2) is 16.9 Å². The van der Waals surface area contributed by atoms with Crippen LogP contribution in [0.15, 0.2) is 10.6 Å². The van der Waals surface area contributed by atoms with Crippen molar-refractivity contribution in [3.05, 3.63) is 17.5 Å². The van der Waals surface area contributed by atoms with E-state index in [0.717, 1.165) is 24.3 Å². The van der Waals surface area contributed by atoms with E-state index in [0.29, 0.717) is 0 Å². The van der Waals surface area contributed by atoms with Crippen molar-refractivity contribution in [1.82, 2.24) is 5.16 Å². The Kier molecular flexibility index (Phi) is 2.45. The first-order valence-corrected chi connectivity index (χ1v) is 3.36. The van der Waals surface area contributed by atoms with E-state index in [1.807, 2.05) is 13.0 Å². The highest BCUT2D eigenvalue weighted by Gasteiger charge is 1.97. The Hall–Kier alpha value is -0.830. The van der Waals surface area contributed by atoms with Gasteiger partial charge < -0.3 is 9.63 Å². The van der Waals surface area contributed by atoms with Crippen molar-refractivity contribution in [3.8, 4) is 0 Å². The molecular formula is C7H11NO2. The molecule has 0 aliphatic heterocycles. The predicted molar refractivity (Wildman–Crippen MR) is 36.6 cm³/mol. The highest BCUT2D eigenvalue weighted by Crippen LogP contribution is 2.03. The lowest BCUT2D eigenvalue weighted by atomic mass is 10.2. The molecule has 3 nitrogen and oxygen atoms in total. The second-order valence-electron chi connectivity index (χ2n) is 2.26. The molecule has 1 aromatic heterocycles. The van der Waals surface area contributed by atoms with Crippen LogP contribution in [0, 0.1) is 6.92 Å². The number of hydrogen-bond acceptors (Lipinski definition) is 3. The van der Waals surface area contributed by atoms with Crippen molar-refractivity contribution in [3.63, 3.8) is 0 Å². The summed E-state index contributed by atoms with van der Waals surface area (Å²) >= 11 is 0. The minimum absolute atomic E-state index is 0.214. The number of aliphatic hydroxyl groups is 1. The van der Waals surface area contributed by atoms with E-state index in [1.165, 1.54) is 0 Å². The second kappa shape index (κ2) is 3.37. The summed E-state index contributed by atoms with van der Waals surface area (Å²) in [5.41, 5.74) is 0.923. The zero-order chi connectivity index (χ0) is 7.40. The van der Waals surface area contributed by atoms with E-state index in [9.17, 15) is 0 Å². The predicted octanol–water partition coefficient (Wildman–Crippen LogP) is 0.908. The van der Waals surface area contributed by atoms with Gasteiger partial charge >= 0.3 is 0 Å². The van der Waals surface area contributed by atoms with Gasteiger partial charge in [0.1, 0.15) is 5.76 Å². The van der Waals surface area contributed by atoms with Crippen LogP contribution in [-0.2, 0) is 6.42 Å². The molecule has 1 heterocycles. The maximum atomic E-state index is 8.48. The van der Waals surface area contributed by atoms with Gasteiger partial charge in [-0.1, -0.05) is 5.16 Å². The van der Waals surface area contributed by atoms with Crippen molar-refractivity contribution in [1.29, 1.82) is 0 Å². The van der Waals surface area contributed by atoms with Gasteiger partial charge in [0.05, 0.1) is 5.69 Å². The lowest BCUT2D eigenvalue weighted by Gasteiger charge is -1.87. The molecule has 0 saturated heterocycles. The van der Waals surface area contributed by atoms with Gasteiger partial charge in [-0.05, 0) is 19.8 Å². The third-order valence-corrected chi connectivity index (χ3v) is 1.27. The van der Waals surface area contributed by atoms with E-state index in [4.69, 9.17) is 9.63 Å². The molecule has 0 aliphatic carbocycles. The van der Waals surface area contributed by atoms with Crippen molar-refractivity contribution in [2.75, 3.05) is 6.61 Å². The zero-order valence-electron chi connectivity index (χ0n) is 6.00. The largest absolute Gasteiger partial charge is 0.396 e. The zero-order valence-corrected chi connectivity index (χ0v) is 6.00. The highest BCUT2D eigenvalue weighted by molar-refractivity contribution is 5.03. The van der Waals surface area contributed by atoms with Crippen molar-refractivity contribution in [2.24, 2.45) is 0 Å². The lowest BCUT2D eigenvalue weighted by molar-refractivity contribution is 0.286. The maximum Gasteiger partial charge on any atom is 0.133 e. The number of aryl methyl sites for hydroxylation is 2. The summed E-state index contributed by atoms with van der Waals surface area (Å²) in [6.07, 6.45) is 1.56. The van der Waals surface area contributed by atoms with Crippen LogP contribution < -0.4 is 0 Å². The minimum Gasteiger partial charge on any atom is -0.396 e. The SMILES string of the molecule is Cc1cc(CCCO)no1. The molecule has 1 aromatic rings. The number of nitrogens with zero attached hydrogens (tertiary/aromatic N) is 1. The molecule has 3 heteroatoms. The molecule has 0 aliphatic rings. The number of rotatable bonds is 3. The van der Waals surface area contributed by atoms with Gasteiger partial charge in [-0.25, -0.2) is 0 Å². The molecule has 0 aromatic carbocycles. The molecule has 0 amide bonds. The van der Waals surface area contributed by atoms with E-state index < -0.39 is 0 Å². The molecule has 0 atom stereocenters. The van der Waals surface area contributed by atoms with Gasteiger partial charge in [0, 0.05) is 12.7 Å². The fraction of sp³-hybridized carbons (Fsp3) is 0.571. The molecule has 56 valence electrons. The first-order valence-electron chi connectivity index (χ1n) is 3.36. The van der Waals surface area contributed by atoms with Gasteiger partial charge in [-0.15, -0.1) is 0 Å². The van der Waals surface area contributed by atoms with Crippen molar-refractivity contribution in [2.45, 2.75) is 19.8 Å². The Bertz CT molecular complexity index is 195. The van der Waals surface area contributed by atoms with E-state index in [2.05, 4.69) is 5.16 Å². The standard InChI is InChI=1S/C7H11NO2/c1-6-5-7(8-10-6)3-2-4-9/h5,9H,2-4H2,1H3. The number of aromatic nitrogens is 1. The Labute approximate surface area is 59.7 Å². The Morgan fingerprint density at radius 1 is 1.70 bits per heavy atom. The summed E-state index contributed by atoms with van der Waals surface area (Å²) in [6.45, 7) is 2.07. The second-order valence-corrected chi connectivity index (χ2v) is 2.26. The fourth-order valence-corrected chi connectivity index (χ4v) is 0.796. The molecule has 10 heavy (non-hydrogen) atoms. The Morgan fingerprint density at radius 3 is 3.00 bits per heavy atom. The average molecular weight is 141 g/mol. The normalized spacial score (nSPS) is 10.2. The minimum atomic E-state index is 0.214. The van der Waals surface area contributed by atoms with Gasteiger partial charge in [-0.3, -0.25) is 0 Å². The fourth-order valence-electron chi connectivity index (χ4n) is 0.796. The van der Waals surface area contributed by atoms with E-state index >= 15 is 0 Å². The van der Waals surface area contributed by atoms with E-state index in [-0.39, 0.29) is 6.61 Å². The lowest BCUT2D eigenvalue weighted by Crippen LogP contribution is -1.88. The van der Waals surface area contributed by atoms with Crippen molar-refractivity contribution < 1.29 is 9.63 Å². The third kappa shape index (κ3) is 1.84. The van der Waals surface area contributed by atoms with Crippen LogP contribution in [0.3, 0.4) is 0 Å². The van der Waals surface area contributed by atoms with Crippen LogP contribution in [0.5, 0.6) is 0 Å². The first kappa shape index (κ1) is 7.28. The summed E-state index contributed by atoms with van der Waals surface area (Å²) in [5, 5.41) is 12.2. The van der Waals surface area contributed by atoms with Gasteiger partial charge in [0.15, 0.2) is 0 Å². The molecule has 0 radical (unpaired) electrons. The summed E-state index contributed by atoms with van der Waals surface area (Å²) in [7, 11) is 0. The molecule has 0 spiro atoms. The summed E-state index contributed by atoms with van der Waals surface area (Å²) in [5.74, 6) is 0.827. The van der Waals surface area contributed by atoms with Crippen LogP contribution >= 0.6 is 0 Å². The molecular weight excluding hydrogens is 130 g/mol. The highest BCUT2D eigenvalue weighted by atomic mass is 16.5. The van der Waals surface area contributed by atoms with Gasteiger partial charge in [0.25, 0.3) is 0 Å². The molecule has 1 rings (SSSR count). The average Bonchev–Trinajstić information content (AvgIpc) is 2.31. The van der Waals surface area contributed by atoms with Gasteiger partial charge in [-0.2, -0.15) is 0 Å². The van der Waals surface area contributed by atoms with Crippen LogP contribution in [0.4, 0.5) is 0 Å². The van der Waals surface area contributed by atoms with E-state index in [1.54, 1.807) is 0 Å². The molecule has 0 unspecified atom stereocenters. The quantitative estimate of drug-likeness (QED) is 0.680. The first-order chi connectivity index (χ1) is 4.83. The molecule has 0 fully saturated rings. The van der Waals surface area contributed by atoms with Crippen molar-refractivity contribution >= 4 is 0 Å². The monoisotopic (exact) mass is 141 g/mol.